The van der Waals surface area contributed by atoms with Crippen molar-refractivity contribution < 1.29 is 4.79 Å². The van der Waals surface area contributed by atoms with Gasteiger partial charge in [-0.15, -0.1) is 0 Å². The van der Waals surface area contributed by atoms with Crippen LogP contribution in [-0.2, 0) is 0 Å². The van der Waals surface area contributed by atoms with Crippen LogP contribution in [0.4, 0.5) is 11.5 Å². The van der Waals surface area contributed by atoms with Gasteiger partial charge in [-0.1, -0.05) is 24.3 Å². The lowest BCUT2D eigenvalue weighted by atomic mass is 10.1. The maximum absolute atomic E-state index is 13.1. The molecule has 0 bridgehead atoms. The number of nitrogens with zero attached hydrogens (tertiary/aromatic N) is 4. The molecule has 1 aliphatic rings. The number of hydrogen-bond donors (Lipinski definition) is 3. The summed E-state index contributed by atoms with van der Waals surface area (Å²) in [6.45, 7) is 3.89. The highest BCUT2D eigenvalue weighted by Crippen LogP contribution is 2.36. The molecule has 39 heavy (non-hydrogen) atoms. The van der Waals surface area contributed by atoms with E-state index in [1.807, 2.05) is 55.5 Å². The predicted molar refractivity (Wildman–Crippen MR) is 153 cm³/mol. The number of amides is 1. The molecule has 4 heterocycles. The lowest BCUT2D eigenvalue weighted by Crippen LogP contribution is -2.29. The Morgan fingerprint density at radius 1 is 1.05 bits per heavy atom. The average molecular weight is 520 g/mol. The van der Waals surface area contributed by atoms with Gasteiger partial charge >= 0.3 is 0 Å². The first-order valence-corrected chi connectivity index (χ1v) is 13.0. The Kier molecular flexibility index (Phi) is 6.42. The molecule has 0 saturated carbocycles. The third kappa shape index (κ3) is 4.68. The number of rotatable bonds is 5. The van der Waals surface area contributed by atoms with E-state index in [0.717, 1.165) is 53.7 Å². The lowest BCUT2D eigenvalue weighted by Gasteiger charge is -2.24. The van der Waals surface area contributed by atoms with Crippen LogP contribution in [0.15, 0.2) is 84.2 Å². The van der Waals surface area contributed by atoms with Crippen molar-refractivity contribution in [2.45, 2.75) is 25.8 Å². The first-order chi connectivity index (χ1) is 19.0. The second-order valence-electron chi connectivity index (χ2n) is 9.86. The zero-order chi connectivity index (χ0) is 26.9. The van der Waals surface area contributed by atoms with Crippen LogP contribution in [0.3, 0.4) is 0 Å². The van der Waals surface area contributed by atoms with Crippen LogP contribution in [0.5, 0.6) is 0 Å². The number of nitrogens with two attached hydrogens (primary N) is 1. The smallest absolute Gasteiger partial charge is 0.267 e. The topological polar surface area (TPSA) is 120 Å². The molecular formula is C30H29N7O2. The van der Waals surface area contributed by atoms with Gasteiger partial charge in [0.1, 0.15) is 23.4 Å². The van der Waals surface area contributed by atoms with Crippen LogP contribution in [0, 0.1) is 6.92 Å². The number of carbonyl (C=O) groups is 1. The molecule has 1 fully saturated rings. The molecule has 2 aromatic carbocycles. The van der Waals surface area contributed by atoms with Gasteiger partial charge in [0.25, 0.3) is 11.5 Å². The standard InChI is InChI=1S/C30H29N7O2/c1-19-4-2-5-23(16-19)36-15-3-6-24(30(36)39)29(38)35-21-9-7-20(8-10-21)25-17-37(22-11-13-32-14-12-22)28-26(25)27(31)33-18-34-28/h2-10,15-18,22,32H,11-14H2,1H3,(H,35,38)(H2,31,33,34). The molecule has 9 nitrogen and oxygen atoms in total. The molecule has 9 heteroatoms. The minimum Gasteiger partial charge on any atom is -0.383 e. The minimum atomic E-state index is -0.463. The van der Waals surface area contributed by atoms with Gasteiger partial charge in [-0.25, -0.2) is 9.97 Å². The SMILES string of the molecule is Cc1cccc(-n2cccc(C(=O)Nc3ccc(-c4cn(C5CCNCC5)c5ncnc(N)c45)cc3)c2=O)c1. The molecular weight excluding hydrogens is 490 g/mol. The molecule has 1 aliphatic heterocycles. The number of carbonyl (C=O) groups excluding carboxylic acids is 1. The summed E-state index contributed by atoms with van der Waals surface area (Å²) >= 11 is 0. The number of hydrogen-bond acceptors (Lipinski definition) is 6. The van der Waals surface area contributed by atoms with Gasteiger partial charge in [0.2, 0.25) is 0 Å². The Hall–Kier alpha value is -4.76. The summed E-state index contributed by atoms with van der Waals surface area (Å²) in [6, 6.07) is 18.7. The summed E-state index contributed by atoms with van der Waals surface area (Å²) in [6.07, 6.45) is 7.32. The predicted octanol–water partition coefficient (Wildman–Crippen LogP) is 4.32. The van der Waals surface area contributed by atoms with E-state index in [1.54, 1.807) is 12.3 Å². The molecule has 4 N–H and O–H groups in total. The van der Waals surface area contributed by atoms with Crippen molar-refractivity contribution in [1.29, 1.82) is 0 Å². The van der Waals surface area contributed by atoms with E-state index in [0.29, 0.717) is 23.2 Å². The Morgan fingerprint density at radius 2 is 1.85 bits per heavy atom. The van der Waals surface area contributed by atoms with E-state index in [-0.39, 0.29) is 11.1 Å². The molecule has 196 valence electrons. The van der Waals surface area contributed by atoms with E-state index < -0.39 is 5.91 Å². The fourth-order valence-electron chi connectivity index (χ4n) is 5.27. The van der Waals surface area contributed by atoms with Gasteiger partial charge in [0.05, 0.1) is 5.39 Å². The summed E-state index contributed by atoms with van der Waals surface area (Å²) in [4.78, 5) is 35.0. The fraction of sp³-hybridized carbons (Fsp3) is 0.200. The second kappa shape index (κ2) is 10.2. The van der Waals surface area contributed by atoms with Gasteiger partial charge in [0, 0.05) is 35.4 Å². The summed E-state index contributed by atoms with van der Waals surface area (Å²) in [5.41, 5.74) is 11.0. The molecule has 1 saturated heterocycles. The first-order valence-electron chi connectivity index (χ1n) is 13.0. The number of nitrogen functional groups attached to an aromatic ring is 1. The maximum Gasteiger partial charge on any atom is 0.267 e. The maximum atomic E-state index is 13.1. The Labute approximate surface area is 225 Å². The number of anilines is 2. The van der Waals surface area contributed by atoms with Crippen molar-refractivity contribution in [2.75, 3.05) is 24.1 Å². The Bertz CT molecular complexity index is 1730. The first kappa shape index (κ1) is 24.6. The molecule has 0 spiro atoms. The van der Waals surface area contributed by atoms with Gasteiger partial charge in [0.15, 0.2) is 0 Å². The molecule has 6 rings (SSSR count). The van der Waals surface area contributed by atoms with Crippen LogP contribution in [-0.4, -0.2) is 38.1 Å². The summed E-state index contributed by atoms with van der Waals surface area (Å²) in [5, 5.41) is 7.09. The number of fused-ring (bicyclic) bond motifs is 1. The third-order valence-corrected chi connectivity index (χ3v) is 7.27. The van der Waals surface area contributed by atoms with E-state index in [4.69, 9.17) is 5.73 Å². The van der Waals surface area contributed by atoms with Gasteiger partial charge < -0.3 is 20.9 Å². The normalized spacial score (nSPS) is 14.0. The minimum absolute atomic E-state index is 0.0676. The number of piperidine rings is 1. The van der Waals surface area contributed by atoms with Gasteiger partial charge in [-0.2, -0.15) is 0 Å². The molecule has 0 atom stereocenters. The highest BCUT2D eigenvalue weighted by atomic mass is 16.2. The molecule has 5 aromatic rings. The van der Waals surface area contributed by atoms with Gasteiger partial charge in [-0.05, 0) is 80.4 Å². The quantitative estimate of drug-likeness (QED) is 0.318. The molecule has 0 aliphatic carbocycles. The van der Waals surface area contributed by atoms with Crippen LogP contribution >= 0.6 is 0 Å². The third-order valence-electron chi connectivity index (χ3n) is 7.27. The van der Waals surface area contributed by atoms with Crippen LogP contribution in [0.25, 0.3) is 27.8 Å². The monoisotopic (exact) mass is 519 g/mol. The summed E-state index contributed by atoms with van der Waals surface area (Å²) in [5.74, 6) is -0.0241. The molecule has 1 amide bonds. The zero-order valence-electron chi connectivity index (χ0n) is 21.6. The summed E-state index contributed by atoms with van der Waals surface area (Å²) in [7, 11) is 0. The highest BCUT2D eigenvalue weighted by molar-refractivity contribution is 6.04. The second-order valence-corrected chi connectivity index (χ2v) is 9.86. The molecule has 0 radical (unpaired) electrons. The fourth-order valence-corrected chi connectivity index (χ4v) is 5.27. The van der Waals surface area contributed by atoms with Crippen molar-refractivity contribution in [3.05, 3.63) is 101 Å². The Balaban J connectivity index is 1.28. The van der Waals surface area contributed by atoms with Crippen molar-refractivity contribution >= 4 is 28.4 Å². The summed E-state index contributed by atoms with van der Waals surface area (Å²) < 4.78 is 3.70. The largest absolute Gasteiger partial charge is 0.383 e. The van der Waals surface area contributed by atoms with E-state index in [2.05, 4.69) is 31.4 Å². The Morgan fingerprint density at radius 3 is 2.62 bits per heavy atom. The van der Waals surface area contributed by atoms with Gasteiger partial charge in [-0.3, -0.25) is 14.2 Å². The van der Waals surface area contributed by atoms with Crippen LogP contribution in [0.2, 0.25) is 0 Å². The van der Waals surface area contributed by atoms with E-state index in [1.165, 1.54) is 17.0 Å². The van der Waals surface area contributed by atoms with Crippen LogP contribution in [0.1, 0.15) is 34.8 Å². The van der Waals surface area contributed by atoms with Crippen molar-refractivity contribution in [2.24, 2.45) is 0 Å². The molecule has 0 unspecified atom stereocenters. The highest BCUT2D eigenvalue weighted by Gasteiger charge is 2.22. The number of pyridine rings is 1. The van der Waals surface area contributed by atoms with Crippen molar-refractivity contribution in [1.82, 2.24) is 24.4 Å². The number of aryl methyl sites for hydroxylation is 1. The van der Waals surface area contributed by atoms with Crippen molar-refractivity contribution in [3.63, 3.8) is 0 Å². The lowest BCUT2D eigenvalue weighted by molar-refractivity contribution is 0.102. The number of benzene rings is 2. The average Bonchev–Trinajstić information content (AvgIpc) is 3.35. The van der Waals surface area contributed by atoms with E-state index in [9.17, 15) is 9.59 Å². The number of aromatic nitrogens is 4. The molecule has 3 aromatic heterocycles. The van der Waals surface area contributed by atoms with Crippen molar-refractivity contribution in [3.8, 4) is 16.8 Å². The zero-order valence-corrected chi connectivity index (χ0v) is 21.6. The van der Waals surface area contributed by atoms with E-state index >= 15 is 0 Å². The number of nitrogens with one attached hydrogen (secondary N) is 2. The van der Waals surface area contributed by atoms with Crippen LogP contribution < -0.4 is 21.9 Å².